The van der Waals surface area contributed by atoms with E-state index in [1.165, 1.54) is 9.87 Å². The third kappa shape index (κ3) is 2.47. The molecule has 1 amide bonds. The number of sulfonamides is 1. The van der Waals surface area contributed by atoms with Gasteiger partial charge in [-0.25, -0.2) is 8.42 Å². The molecule has 25 heavy (non-hydrogen) atoms. The van der Waals surface area contributed by atoms with Gasteiger partial charge < -0.3 is 4.90 Å². The molecule has 7 nitrogen and oxygen atoms in total. The number of aromatic nitrogens is 2. The maximum absolute atomic E-state index is 13.1. The molecule has 1 fully saturated rings. The van der Waals surface area contributed by atoms with E-state index in [1.807, 2.05) is 23.1 Å². The Morgan fingerprint density at radius 3 is 2.72 bits per heavy atom. The molecule has 0 saturated carbocycles. The Labute approximate surface area is 146 Å². The van der Waals surface area contributed by atoms with E-state index < -0.39 is 10.0 Å². The molecule has 0 bridgehead atoms. The first kappa shape index (κ1) is 16.3. The largest absolute Gasteiger partial charge is 0.333 e. The summed E-state index contributed by atoms with van der Waals surface area (Å²) < 4.78 is 27.5. The van der Waals surface area contributed by atoms with Crippen molar-refractivity contribution in [3.63, 3.8) is 0 Å². The Kier molecular flexibility index (Phi) is 3.69. The molecule has 1 N–H and O–H groups in total. The average Bonchev–Trinajstić information content (AvgIpc) is 2.93. The quantitative estimate of drug-likeness (QED) is 0.871. The number of aryl methyl sites for hydroxylation is 2. The summed E-state index contributed by atoms with van der Waals surface area (Å²) in [6, 6.07) is 7.73. The van der Waals surface area contributed by atoms with Crippen LogP contribution in [0.4, 0.5) is 0 Å². The van der Waals surface area contributed by atoms with Crippen LogP contribution >= 0.6 is 0 Å². The molecule has 2 aliphatic heterocycles. The molecule has 132 valence electrons. The molecule has 3 heterocycles. The van der Waals surface area contributed by atoms with Crippen LogP contribution in [0.5, 0.6) is 0 Å². The number of amides is 1. The van der Waals surface area contributed by atoms with E-state index in [-0.39, 0.29) is 29.9 Å². The Morgan fingerprint density at radius 1 is 1.24 bits per heavy atom. The minimum absolute atomic E-state index is 0.120. The summed E-state index contributed by atoms with van der Waals surface area (Å²) in [5.41, 5.74) is 3.15. The first-order valence-electron chi connectivity index (χ1n) is 8.28. The minimum Gasteiger partial charge on any atom is -0.333 e. The zero-order valence-corrected chi connectivity index (χ0v) is 15.0. The van der Waals surface area contributed by atoms with Crippen LogP contribution < -0.4 is 0 Å². The van der Waals surface area contributed by atoms with Crippen LogP contribution in [0.2, 0.25) is 0 Å². The highest BCUT2D eigenvalue weighted by molar-refractivity contribution is 7.89. The fourth-order valence-electron chi connectivity index (χ4n) is 3.88. The van der Waals surface area contributed by atoms with Gasteiger partial charge in [-0.15, -0.1) is 0 Å². The molecule has 2 aromatic rings. The van der Waals surface area contributed by atoms with Gasteiger partial charge in [-0.1, -0.05) is 24.3 Å². The molecular formula is C17H20N4O3S. The van der Waals surface area contributed by atoms with Crippen molar-refractivity contribution in [2.45, 2.75) is 31.2 Å². The zero-order valence-electron chi connectivity index (χ0n) is 14.2. The number of nitrogens with one attached hydrogen (secondary N) is 1. The predicted molar refractivity (Wildman–Crippen MR) is 91.4 cm³/mol. The van der Waals surface area contributed by atoms with Crippen molar-refractivity contribution in [2.24, 2.45) is 0 Å². The lowest BCUT2D eigenvalue weighted by Crippen LogP contribution is -2.55. The standard InChI is InChI=1S/C17H20N4O3S/c1-11-17(12(2)19-18-11)25(23,24)20-9-15-14-6-4-3-5-13(14)7-8-21(15)16(22)10-20/h3-6,15H,7-10H2,1-2H3,(H,18,19)/t15-/m0/s1. The van der Waals surface area contributed by atoms with Crippen LogP contribution in [-0.2, 0) is 21.2 Å². The second-order valence-corrected chi connectivity index (χ2v) is 8.49. The number of piperazine rings is 1. The van der Waals surface area contributed by atoms with Crippen molar-refractivity contribution in [1.82, 2.24) is 19.4 Å². The van der Waals surface area contributed by atoms with Gasteiger partial charge in [-0.3, -0.25) is 9.89 Å². The monoisotopic (exact) mass is 360 g/mol. The number of carbonyl (C=O) groups is 1. The lowest BCUT2D eigenvalue weighted by atomic mass is 9.91. The third-order valence-corrected chi connectivity index (χ3v) is 7.15. The smallest absolute Gasteiger partial charge is 0.247 e. The summed E-state index contributed by atoms with van der Waals surface area (Å²) in [4.78, 5) is 14.6. The van der Waals surface area contributed by atoms with E-state index in [0.717, 1.165) is 12.0 Å². The lowest BCUT2D eigenvalue weighted by molar-refractivity contribution is -0.138. The predicted octanol–water partition coefficient (Wildman–Crippen LogP) is 1.16. The normalized spacial score (nSPS) is 21.1. The van der Waals surface area contributed by atoms with Gasteiger partial charge >= 0.3 is 0 Å². The molecule has 8 heteroatoms. The number of H-pyrrole nitrogens is 1. The van der Waals surface area contributed by atoms with Gasteiger partial charge in [-0.2, -0.15) is 9.40 Å². The number of rotatable bonds is 2. The van der Waals surface area contributed by atoms with Gasteiger partial charge in [0.05, 0.1) is 24.0 Å². The Hall–Kier alpha value is -2.19. The number of benzene rings is 1. The second kappa shape index (κ2) is 5.67. The summed E-state index contributed by atoms with van der Waals surface area (Å²) in [6.45, 7) is 4.13. The molecule has 1 saturated heterocycles. The molecule has 0 spiro atoms. The van der Waals surface area contributed by atoms with E-state index in [9.17, 15) is 13.2 Å². The van der Waals surface area contributed by atoms with Crippen LogP contribution in [0.25, 0.3) is 0 Å². The molecule has 1 aromatic heterocycles. The molecule has 4 rings (SSSR count). The molecular weight excluding hydrogens is 340 g/mol. The van der Waals surface area contributed by atoms with Crippen molar-refractivity contribution in [1.29, 1.82) is 0 Å². The van der Waals surface area contributed by atoms with Crippen LogP contribution in [0, 0.1) is 13.8 Å². The Bertz CT molecular complexity index is 931. The Balaban J connectivity index is 1.74. The fourth-order valence-corrected chi connectivity index (χ4v) is 5.61. The van der Waals surface area contributed by atoms with Gasteiger partial charge in [0, 0.05) is 13.1 Å². The first-order valence-corrected chi connectivity index (χ1v) is 9.72. The highest BCUT2D eigenvalue weighted by atomic mass is 32.2. The number of aromatic amines is 1. The van der Waals surface area contributed by atoms with E-state index in [2.05, 4.69) is 16.3 Å². The average molecular weight is 360 g/mol. The van der Waals surface area contributed by atoms with Crippen molar-refractivity contribution < 1.29 is 13.2 Å². The third-order valence-electron chi connectivity index (χ3n) is 5.08. The van der Waals surface area contributed by atoms with Gasteiger partial charge in [-0.05, 0) is 31.4 Å². The summed E-state index contributed by atoms with van der Waals surface area (Å²) in [5, 5.41) is 6.70. The van der Waals surface area contributed by atoms with Crippen LogP contribution in [0.3, 0.4) is 0 Å². The molecule has 1 aromatic carbocycles. The van der Waals surface area contributed by atoms with E-state index in [4.69, 9.17) is 0 Å². The van der Waals surface area contributed by atoms with Crippen molar-refractivity contribution in [3.05, 3.63) is 46.8 Å². The number of hydrogen-bond acceptors (Lipinski definition) is 4. The first-order chi connectivity index (χ1) is 11.9. The van der Waals surface area contributed by atoms with Gasteiger partial charge in [0.2, 0.25) is 15.9 Å². The lowest BCUT2D eigenvalue weighted by Gasteiger charge is -2.44. The zero-order chi connectivity index (χ0) is 17.8. The summed E-state index contributed by atoms with van der Waals surface area (Å²) >= 11 is 0. The molecule has 1 atom stereocenters. The SMILES string of the molecule is Cc1n[nH]c(C)c1S(=O)(=O)N1CC(=O)N2CCc3ccccc3[C@@H]2C1. The van der Waals surface area contributed by atoms with Crippen molar-refractivity contribution >= 4 is 15.9 Å². The number of nitrogens with zero attached hydrogens (tertiary/aromatic N) is 3. The van der Waals surface area contributed by atoms with Crippen LogP contribution in [0.1, 0.15) is 28.6 Å². The molecule has 0 aliphatic carbocycles. The fraction of sp³-hybridized carbons (Fsp3) is 0.412. The minimum atomic E-state index is -3.77. The number of carbonyl (C=O) groups excluding carboxylic acids is 1. The maximum Gasteiger partial charge on any atom is 0.247 e. The highest BCUT2D eigenvalue weighted by Gasteiger charge is 2.42. The van der Waals surface area contributed by atoms with Gasteiger partial charge in [0.25, 0.3) is 0 Å². The second-order valence-electron chi connectivity index (χ2n) is 6.61. The maximum atomic E-state index is 13.1. The highest BCUT2D eigenvalue weighted by Crippen LogP contribution is 2.35. The van der Waals surface area contributed by atoms with E-state index in [1.54, 1.807) is 13.8 Å². The van der Waals surface area contributed by atoms with Crippen molar-refractivity contribution in [2.75, 3.05) is 19.6 Å². The van der Waals surface area contributed by atoms with Gasteiger partial charge in [0.1, 0.15) is 4.90 Å². The summed E-state index contributed by atoms with van der Waals surface area (Å²) in [6.07, 6.45) is 0.811. The van der Waals surface area contributed by atoms with E-state index in [0.29, 0.717) is 17.9 Å². The van der Waals surface area contributed by atoms with E-state index >= 15 is 0 Å². The number of hydrogen-bond donors (Lipinski definition) is 1. The van der Waals surface area contributed by atoms with Crippen LogP contribution in [0.15, 0.2) is 29.2 Å². The summed E-state index contributed by atoms with van der Waals surface area (Å²) in [7, 11) is -3.77. The van der Waals surface area contributed by atoms with Crippen molar-refractivity contribution in [3.8, 4) is 0 Å². The topological polar surface area (TPSA) is 86.4 Å². The van der Waals surface area contributed by atoms with Crippen LogP contribution in [-0.4, -0.2) is 53.4 Å². The number of fused-ring (bicyclic) bond motifs is 3. The molecule has 0 radical (unpaired) electrons. The molecule has 2 aliphatic rings. The molecule has 0 unspecified atom stereocenters. The summed E-state index contributed by atoms with van der Waals surface area (Å²) in [5.74, 6) is -0.145. The Morgan fingerprint density at radius 2 is 2.00 bits per heavy atom. The van der Waals surface area contributed by atoms with Gasteiger partial charge in [0.15, 0.2) is 0 Å².